The average molecular weight is 273 g/mol. The maximum absolute atomic E-state index is 11.8. The fourth-order valence-corrected chi connectivity index (χ4v) is 3.93. The van der Waals surface area contributed by atoms with Crippen LogP contribution in [0.1, 0.15) is 15.9 Å². The van der Waals surface area contributed by atoms with Crippen LogP contribution in [0.15, 0.2) is 58.3 Å². The molecule has 0 radical (unpaired) electrons. The smallest absolute Gasteiger partial charge is 0.343 e. The Kier molecular flexibility index (Phi) is 3.27. The third-order valence-corrected chi connectivity index (χ3v) is 4.90. The number of esters is 1. The highest BCUT2D eigenvalue weighted by atomic mass is 32.2. The molecule has 0 spiro atoms. The van der Waals surface area contributed by atoms with Gasteiger partial charge in [0.2, 0.25) is 21.0 Å². The van der Waals surface area contributed by atoms with E-state index in [1.54, 1.807) is 6.07 Å². The minimum absolute atomic E-state index is 0.323. The van der Waals surface area contributed by atoms with Crippen LogP contribution in [0.25, 0.3) is 0 Å². The molecule has 1 atom stereocenters. The lowest BCUT2D eigenvalue weighted by Crippen LogP contribution is -2.10. The Bertz CT molecular complexity index is 624. The molecule has 0 saturated carbocycles. The van der Waals surface area contributed by atoms with Crippen molar-refractivity contribution in [1.29, 1.82) is 0 Å². The number of carbonyl (C=O) groups excluding carboxylic acids is 1. The van der Waals surface area contributed by atoms with E-state index < -0.39 is 11.2 Å². The Morgan fingerprint density at radius 1 is 1.11 bits per heavy atom. The quantitative estimate of drug-likeness (QED) is 0.623. The summed E-state index contributed by atoms with van der Waals surface area (Å²) >= 11 is -0.500. The summed E-state index contributed by atoms with van der Waals surface area (Å²) in [6.07, 6.45) is 0. The van der Waals surface area contributed by atoms with Crippen LogP contribution >= 0.6 is 0 Å². The Labute approximate surface area is 114 Å². The van der Waals surface area contributed by atoms with Gasteiger partial charge in [-0.15, -0.1) is 0 Å². The van der Waals surface area contributed by atoms with Crippen molar-refractivity contribution in [1.82, 2.24) is 0 Å². The molecule has 0 N–H and O–H groups in total. The van der Waals surface area contributed by atoms with E-state index in [2.05, 4.69) is 12.1 Å². The fourth-order valence-electron chi connectivity index (χ4n) is 2.08. The molecule has 1 unspecified atom stereocenters. The molecule has 0 aromatic heterocycles. The van der Waals surface area contributed by atoms with E-state index in [9.17, 15) is 4.79 Å². The van der Waals surface area contributed by atoms with E-state index in [0.717, 1.165) is 9.79 Å². The van der Waals surface area contributed by atoms with Gasteiger partial charge in [0.05, 0.1) is 7.11 Å². The molecule has 0 bridgehead atoms. The molecule has 3 rings (SSSR count). The number of fused-ring (bicyclic) bond motifs is 1. The Morgan fingerprint density at radius 3 is 2.58 bits per heavy atom. The van der Waals surface area contributed by atoms with E-state index in [1.807, 2.05) is 30.3 Å². The van der Waals surface area contributed by atoms with Gasteiger partial charge in [0.25, 0.3) is 0 Å². The SMILES string of the molecule is COC(=O)c1ccccc1[S+]1OCc2ccccc21. The third-order valence-electron chi connectivity index (χ3n) is 3.00. The first-order chi connectivity index (χ1) is 9.31. The van der Waals surface area contributed by atoms with Gasteiger partial charge in [-0.3, -0.25) is 0 Å². The second kappa shape index (κ2) is 5.07. The zero-order valence-corrected chi connectivity index (χ0v) is 11.3. The van der Waals surface area contributed by atoms with Crippen molar-refractivity contribution >= 4 is 17.1 Å². The number of hydrogen-bond acceptors (Lipinski definition) is 3. The van der Waals surface area contributed by atoms with Gasteiger partial charge in [-0.1, -0.05) is 30.3 Å². The summed E-state index contributed by atoms with van der Waals surface area (Å²) in [5, 5.41) is 0. The van der Waals surface area contributed by atoms with Crippen LogP contribution in [-0.2, 0) is 26.7 Å². The number of rotatable bonds is 2. The van der Waals surface area contributed by atoms with E-state index in [-0.39, 0.29) is 5.97 Å². The first kappa shape index (κ1) is 12.3. The molecule has 0 saturated heterocycles. The van der Waals surface area contributed by atoms with Gasteiger partial charge in [0.15, 0.2) is 0 Å². The predicted octanol–water partition coefficient (Wildman–Crippen LogP) is 2.95. The van der Waals surface area contributed by atoms with Gasteiger partial charge in [-0.05, 0) is 18.2 Å². The summed E-state index contributed by atoms with van der Waals surface area (Å²) in [5.74, 6) is -0.323. The van der Waals surface area contributed by atoms with Crippen molar-refractivity contribution in [3.8, 4) is 0 Å². The van der Waals surface area contributed by atoms with Gasteiger partial charge >= 0.3 is 5.97 Å². The minimum Gasteiger partial charge on any atom is -0.465 e. The van der Waals surface area contributed by atoms with Crippen molar-refractivity contribution in [3.63, 3.8) is 0 Å². The maximum atomic E-state index is 11.8. The van der Waals surface area contributed by atoms with Crippen LogP contribution < -0.4 is 0 Å². The van der Waals surface area contributed by atoms with E-state index in [4.69, 9.17) is 8.92 Å². The molecule has 3 nitrogen and oxygen atoms in total. The molecular formula is C15H13O3S+. The van der Waals surface area contributed by atoms with Gasteiger partial charge in [-0.25, -0.2) is 4.79 Å². The number of ether oxygens (including phenoxy) is 1. The normalized spacial score (nSPS) is 17.0. The van der Waals surface area contributed by atoms with Gasteiger partial charge in [0.1, 0.15) is 12.2 Å². The van der Waals surface area contributed by atoms with Crippen LogP contribution in [0.5, 0.6) is 0 Å². The maximum Gasteiger partial charge on any atom is 0.343 e. The Balaban J connectivity index is 2.07. The van der Waals surface area contributed by atoms with E-state index in [0.29, 0.717) is 12.2 Å². The molecule has 1 aliphatic heterocycles. The molecule has 0 fully saturated rings. The summed E-state index contributed by atoms with van der Waals surface area (Å²) < 4.78 is 10.7. The van der Waals surface area contributed by atoms with Crippen LogP contribution in [0, 0.1) is 0 Å². The Hall–Kier alpha value is -1.78. The topological polar surface area (TPSA) is 35.5 Å². The van der Waals surface area contributed by atoms with E-state index in [1.165, 1.54) is 12.7 Å². The highest BCUT2D eigenvalue weighted by Gasteiger charge is 2.40. The van der Waals surface area contributed by atoms with Crippen LogP contribution in [0.3, 0.4) is 0 Å². The number of hydrogen-bond donors (Lipinski definition) is 0. The molecule has 4 heteroatoms. The zero-order chi connectivity index (χ0) is 13.2. The molecule has 2 aromatic carbocycles. The summed E-state index contributed by atoms with van der Waals surface area (Å²) in [4.78, 5) is 13.9. The number of benzene rings is 2. The average Bonchev–Trinajstić information content (AvgIpc) is 2.90. The predicted molar refractivity (Wildman–Crippen MR) is 72.9 cm³/mol. The van der Waals surface area contributed by atoms with Crippen molar-refractivity contribution < 1.29 is 13.7 Å². The van der Waals surface area contributed by atoms with E-state index >= 15 is 0 Å². The summed E-state index contributed by atoms with van der Waals surface area (Å²) in [7, 11) is 1.39. The largest absolute Gasteiger partial charge is 0.465 e. The standard InChI is InChI=1S/C15H13O3S/c1-17-15(16)12-7-3-5-9-14(12)19-13-8-4-2-6-11(13)10-18-19/h2-9H,10H2,1H3/q+1. The van der Waals surface area contributed by atoms with Crippen molar-refractivity contribution in [2.45, 2.75) is 16.4 Å². The summed E-state index contributed by atoms with van der Waals surface area (Å²) in [6.45, 7) is 0.592. The Morgan fingerprint density at radius 2 is 1.79 bits per heavy atom. The number of carbonyl (C=O) groups is 1. The summed E-state index contributed by atoms with van der Waals surface area (Å²) in [5.41, 5.74) is 1.76. The molecular weight excluding hydrogens is 260 g/mol. The zero-order valence-electron chi connectivity index (χ0n) is 10.5. The summed E-state index contributed by atoms with van der Waals surface area (Å²) in [6, 6.07) is 15.6. The number of methoxy groups -OCH3 is 1. The molecule has 0 amide bonds. The van der Waals surface area contributed by atoms with Gasteiger partial charge < -0.3 is 4.74 Å². The molecule has 2 aromatic rings. The molecule has 1 aliphatic rings. The highest BCUT2D eigenvalue weighted by Crippen LogP contribution is 2.36. The van der Waals surface area contributed by atoms with Crippen molar-refractivity contribution in [3.05, 3.63) is 59.7 Å². The van der Waals surface area contributed by atoms with Gasteiger partial charge in [0, 0.05) is 5.56 Å². The third kappa shape index (κ3) is 2.13. The highest BCUT2D eigenvalue weighted by molar-refractivity contribution is 7.92. The lowest BCUT2D eigenvalue weighted by molar-refractivity contribution is 0.0596. The van der Waals surface area contributed by atoms with Crippen LogP contribution in [-0.4, -0.2) is 13.1 Å². The monoisotopic (exact) mass is 273 g/mol. The van der Waals surface area contributed by atoms with Crippen molar-refractivity contribution in [2.75, 3.05) is 7.11 Å². The van der Waals surface area contributed by atoms with Gasteiger partial charge in [-0.2, -0.15) is 4.18 Å². The molecule has 19 heavy (non-hydrogen) atoms. The first-order valence-electron chi connectivity index (χ1n) is 5.94. The van der Waals surface area contributed by atoms with Crippen molar-refractivity contribution in [2.24, 2.45) is 0 Å². The lowest BCUT2D eigenvalue weighted by atomic mass is 10.2. The molecule has 96 valence electrons. The second-order valence-electron chi connectivity index (χ2n) is 4.13. The fraction of sp³-hybridized carbons (Fsp3) is 0.133. The minimum atomic E-state index is -0.500. The first-order valence-corrected chi connectivity index (χ1v) is 7.09. The lowest BCUT2D eigenvalue weighted by Gasteiger charge is -2.04. The molecule has 1 heterocycles. The van der Waals surface area contributed by atoms with Crippen LogP contribution in [0.4, 0.5) is 0 Å². The van der Waals surface area contributed by atoms with Crippen LogP contribution in [0.2, 0.25) is 0 Å². The second-order valence-corrected chi connectivity index (χ2v) is 5.78. The molecule has 0 aliphatic carbocycles.